The molecule has 0 bridgehead atoms. The first-order chi connectivity index (χ1) is 10.9. The van der Waals surface area contributed by atoms with Gasteiger partial charge in [-0.15, -0.1) is 0 Å². The summed E-state index contributed by atoms with van der Waals surface area (Å²) in [5.74, 6) is 2.90. The molecule has 0 radical (unpaired) electrons. The van der Waals surface area contributed by atoms with E-state index >= 15 is 0 Å². The van der Waals surface area contributed by atoms with Crippen molar-refractivity contribution >= 4 is 5.78 Å². The van der Waals surface area contributed by atoms with E-state index in [0.29, 0.717) is 22.7 Å². The lowest BCUT2D eigenvalue weighted by Gasteiger charge is -2.58. The van der Waals surface area contributed by atoms with Gasteiger partial charge in [0.15, 0.2) is 5.78 Å². The monoisotopic (exact) mass is 314 g/mol. The molecule has 5 rings (SSSR count). The Labute approximate surface area is 140 Å². The molecule has 0 spiro atoms. The van der Waals surface area contributed by atoms with Gasteiger partial charge in [-0.3, -0.25) is 4.79 Å². The van der Waals surface area contributed by atoms with Gasteiger partial charge in [0.1, 0.15) is 5.60 Å². The number of allylic oxidation sites excluding steroid dienone is 1. The molecule has 3 saturated carbocycles. The summed E-state index contributed by atoms with van der Waals surface area (Å²) < 4.78 is 6.23. The molecule has 2 nitrogen and oxygen atoms in total. The van der Waals surface area contributed by atoms with Crippen LogP contribution in [-0.4, -0.2) is 17.5 Å². The van der Waals surface area contributed by atoms with Crippen LogP contribution in [0, 0.1) is 28.6 Å². The normalized spacial score (nSPS) is 57.0. The van der Waals surface area contributed by atoms with Crippen LogP contribution < -0.4 is 0 Å². The van der Waals surface area contributed by atoms with Gasteiger partial charge in [-0.1, -0.05) is 26.3 Å². The van der Waals surface area contributed by atoms with Gasteiger partial charge in [-0.25, -0.2) is 0 Å². The molecule has 23 heavy (non-hydrogen) atoms. The van der Waals surface area contributed by atoms with Gasteiger partial charge in [0.25, 0.3) is 0 Å². The Kier molecular flexibility index (Phi) is 2.75. The van der Waals surface area contributed by atoms with E-state index in [1.165, 1.54) is 44.1 Å². The molecule has 7 atom stereocenters. The molecule has 1 heterocycles. The topological polar surface area (TPSA) is 29.6 Å². The van der Waals surface area contributed by atoms with Crippen molar-refractivity contribution in [3.8, 4) is 0 Å². The van der Waals surface area contributed by atoms with Gasteiger partial charge in [-0.05, 0) is 74.2 Å². The quantitative estimate of drug-likeness (QED) is 0.658. The van der Waals surface area contributed by atoms with Crippen LogP contribution in [0.5, 0.6) is 0 Å². The maximum Gasteiger partial charge on any atom is 0.155 e. The fraction of sp³-hybridized carbons (Fsp3) is 0.857. The summed E-state index contributed by atoms with van der Waals surface area (Å²) in [5.41, 5.74) is 2.44. The standard InChI is InChI=1S/C21H30O2/c1-4-21-18(23-21)12-17-15-6-5-13-11-14(22)7-9-19(13,2)16(15)8-10-20(17,21)3/h11,15-18H,4-10,12H2,1-3H3/t15-,16+,17+,18?,19+,20+,21-/m1/s1. The van der Waals surface area contributed by atoms with Gasteiger partial charge in [0.2, 0.25) is 0 Å². The highest BCUT2D eigenvalue weighted by Crippen LogP contribution is 2.74. The predicted molar refractivity (Wildman–Crippen MR) is 90.0 cm³/mol. The molecule has 4 fully saturated rings. The molecular formula is C21H30O2. The lowest BCUT2D eigenvalue weighted by molar-refractivity contribution is -0.118. The SMILES string of the molecule is CC[C@@]12OC1C[C@H]1[C@@H]3CCC4=CC(=O)CC[C@]4(C)[C@H]3CC[C@@]12C. The Bertz CT molecular complexity index is 603. The Morgan fingerprint density at radius 1 is 1.17 bits per heavy atom. The maximum absolute atomic E-state index is 11.9. The zero-order chi connectivity index (χ0) is 16.0. The van der Waals surface area contributed by atoms with E-state index in [1.54, 1.807) is 0 Å². The summed E-state index contributed by atoms with van der Waals surface area (Å²) >= 11 is 0. The predicted octanol–water partition coefficient (Wildman–Crippen LogP) is 4.68. The Morgan fingerprint density at radius 3 is 2.78 bits per heavy atom. The molecule has 1 aliphatic heterocycles. The number of hydrogen-bond donors (Lipinski definition) is 0. The third kappa shape index (κ3) is 1.57. The summed E-state index contributed by atoms with van der Waals surface area (Å²) in [6.45, 7) is 7.35. The third-order valence-corrected chi connectivity index (χ3v) is 9.13. The molecule has 0 amide bonds. The summed E-state index contributed by atoms with van der Waals surface area (Å²) in [6.07, 6.45) is 12.1. The number of fused-ring (bicyclic) bond motifs is 7. The second-order valence-electron chi connectivity index (χ2n) is 9.51. The van der Waals surface area contributed by atoms with Crippen LogP contribution in [0.2, 0.25) is 0 Å². The van der Waals surface area contributed by atoms with Crippen LogP contribution in [0.25, 0.3) is 0 Å². The number of ketones is 1. The Balaban J connectivity index is 1.51. The largest absolute Gasteiger partial charge is 0.365 e. The highest BCUT2D eigenvalue weighted by molar-refractivity contribution is 5.91. The zero-order valence-electron chi connectivity index (χ0n) is 14.9. The van der Waals surface area contributed by atoms with E-state index in [2.05, 4.69) is 20.8 Å². The van der Waals surface area contributed by atoms with Crippen molar-refractivity contribution in [3.05, 3.63) is 11.6 Å². The van der Waals surface area contributed by atoms with Crippen LogP contribution in [0.4, 0.5) is 0 Å². The van der Waals surface area contributed by atoms with E-state index in [0.717, 1.165) is 30.6 Å². The fourth-order valence-corrected chi connectivity index (χ4v) is 7.75. The summed E-state index contributed by atoms with van der Waals surface area (Å²) in [6, 6.07) is 0. The lowest BCUT2D eigenvalue weighted by Crippen LogP contribution is -2.52. The highest BCUT2D eigenvalue weighted by atomic mass is 16.6. The van der Waals surface area contributed by atoms with Gasteiger partial charge < -0.3 is 4.74 Å². The number of carbonyl (C=O) groups is 1. The van der Waals surface area contributed by atoms with Crippen molar-refractivity contribution in [2.75, 3.05) is 0 Å². The van der Waals surface area contributed by atoms with E-state index in [9.17, 15) is 4.79 Å². The molecule has 0 N–H and O–H groups in total. The summed E-state index contributed by atoms with van der Waals surface area (Å²) in [7, 11) is 0. The molecule has 0 aromatic rings. The first-order valence-corrected chi connectivity index (χ1v) is 9.86. The zero-order valence-corrected chi connectivity index (χ0v) is 14.9. The first kappa shape index (κ1) is 14.7. The van der Waals surface area contributed by atoms with Crippen molar-refractivity contribution in [2.45, 2.75) is 83.8 Å². The lowest BCUT2D eigenvalue weighted by atomic mass is 9.46. The van der Waals surface area contributed by atoms with Gasteiger partial charge in [0.05, 0.1) is 6.10 Å². The third-order valence-electron chi connectivity index (χ3n) is 9.13. The molecule has 0 aromatic heterocycles. The minimum absolute atomic E-state index is 0.224. The molecule has 126 valence electrons. The number of rotatable bonds is 1. The summed E-state index contributed by atoms with van der Waals surface area (Å²) in [4.78, 5) is 11.9. The number of carbonyl (C=O) groups excluding carboxylic acids is 1. The van der Waals surface area contributed by atoms with Crippen LogP contribution in [0.3, 0.4) is 0 Å². The number of hydrogen-bond acceptors (Lipinski definition) is 2. The molecule has 5 aliphatic rings. The van der Waals surface area contributed by atoms with Gasteiger partial charge >= 0.3 is 0 Å². The van der Waals surface area contributed by atoms with E-state index < -0.39 is 0 Å². The van der Waals surface area contributed by atoms with E-state index in [1.807, 2.05) is 6.08 Å². The van der Waals surface area contributed by atoms with Crippen LogP contribution in [0.15, 0.2) is 11.6 Å². The molecule has 4 aliphatic carbocycles. The highest BCUT2D eigenvalue weighted by Gasteiger charge is 2.76. The Hall–Kier alpha value is -0.630. The molecule has 2 heteroatoms. The van der Waals surface area contributed by atoms with Crippen molar-refractivity contribution < 1.29 is 9.53 Å². The van der Waals surface area contributed by atoms with Crippen LogP contribution >= 0.6 is 0 Å². The average Bonchev–Trinajstić information content (AvgIpc) is 3.20. The van der Waals surface area contributed by atoms with Gasteiger partial charge in [-0.2, -0.15) is 0 Å². The first-order valence-electron chi connectivity index (χ1n) is 9.86. The fourth-order valence-electron chi connectivity index (χ4n) is 7.75. The number of ether oxygens (including phenoxy) is 1. The Morgan fingerprint density at radius 2 is 2.00 bits per heavy atom. The molecular weight excluding hydrogens is 284 g/mol. The molecule has 1 unspecified atom stereocenters. The number of epoxide rings is 1. The minimum Gasteiger partial charge on any atom is -0.365 e. The average molecular weight is 314 g/mol. The van der Waals surface area contributed by atoms with Crippen LogP contribution in [0.1, 0.15) is 72.1 Å². The van der Waals surface area contributed by atoms with E-state index in [4.69, 9.17) is 4.74 Å². The molecule has 0 aromatic carbocycles. The smallest absolute Gasteiger partial charge is 0.155 e. The minimum atomic E-state index is 0.224. The van der Waals surface area contributed by atoms with Crippen molar-refractivity contribution in [1.82, 2.24) is 0 Å². The summed E-state index contributed by atoms with van der Waals surface area (Å²) in [5, 5.41) is 0. The van der Waals surface area contributed by atoms with Crippen molar-refractivity contribution in [1.29, 1.82) is 0 Å². The van der Waals surface area contributed by atoms with Gasteiger partial charge in [0, 0.05) is 11.8 Å². The maximum atomic E-state index is 11.9. The van der Waals surface area contributed by atoms with Crippen molar-refractivity contribution in [3.63, 3.8) is 0 Å². The second-order valence-corrected chi connectivity index (χ2v) is 9.51. The van der Waals surface area contributed by atoms with E-state index in [-0.39, 0.29) is 5.60 Å². The molecule has 1 saturated heterocycles. The van der Waals surface area contributed by atoms with Crippen LogP contribution in [-0.2, 0) is 9.53 Å². The van der Waals surface area contributed by atoms with Crippen molar-refractivity contribution in [2.24, 2.45) is 28.6 Å². The second kappa shape index (κ2) is 4.31.